The molecule has 108 valence electrons. The van der Waals surface area contributed by atoms with E-state index in [2.05, 4.69) is 16.9 Å². The molecular weight excluding hydrogens is 297 g/mol. The van der Waals surface area contributed by atoms with Crippen LogP contribution in [0.5, 0.6) is 0 Å². The minimum Gasteiger partial charge on any atom is -0.355 e. The van der Waals surface area contributed by atoms with Gasteiger partial charge in [0.2, 0.25) is 0 Å². The summed E-state index contributed by atoms with van der Waals surface area (Å²) in [6.45, 7) is 4.29. The molecule has 0 radical (unpaired) electrons. The molecule has 3 N–H and O–H groups in total. The fourth-order valence-corrected chi connectivity index (χ4v) is 1.90. The lowest BCUT2D eigenvalue weighted by Crippen LogP contribution is -2.18. The molecule has 0 aliphatic heterocycles. The molecule has 1 amide bonds. The van der Waals surface area contributed by atoms with Crippen molar-refractivity contribution < 1.29 is 4.79 Å². The molecule has 0 spiro atoms. The Kier molecular flexibility index (Phi) is 7.21. The van der Waals surface area contributed by atoms with Crippen molar-refractivity contribution in [1.82, 2.24) is 10.3 Å². The summed E-state index contributed by atoms with van der Waals surface area (Å²) in [5, 5.41) is 3.43. The second kappa shape index (κ2) is 7.85. The number of rotatable bonds is 3. The van der Waals surface area contributed by atoms with Gasteiger partial charge >= 0.3 is 0 Å². The number of nitrogens with zero attached hydrogens (tertiary/aromatic N) is 1. The van der Waals surface area contributed by atoms with Gasteiger partial charge in [-0.05, 0) is 11.6 Å². The maximum absolute atomic E-state index is 11.8. The molecule has 1 heterocycles. The van der Waals surface area contributed by atoms with E-state index in [4.69, 9.17) is 5.73 Å². The molecule has 1 aromatic carbocycles. The average molecular weight is 314 g/mol. The topological polar surface area (TPSA) is 68.0 Å². The second-order valence-electron chi connectivity index (χ2n) is 3.95. The number of hydrogen-bond donors (Lipinski definition) is 2. The Hall–Kier alpha value is -1.62. The fraction of sp³-hybridized carbons (Fsp3) is 0.143. The first-order valence-corrected chi connectivity index (χ1v) is 5.67. The van der Waals surface area contributed by atoms with E-state index < -0.39 is 0 Å². The monoisotopic (exact) mass is 313 g/mol. The summed E-state index contributed by atoms with van der Waals surface area (Å²) < 4.78 is 0. The number of amides is 1. The van der Waals surface area contributed by atoms with Crippen LogP contribution in [0.1, 0.15) is 15.9 Å². The van der Waals surface area contributed by atoms with Gasteiger partial charge in [-0.2, -0.15) is 0 Å². The number of carbonyl (C=O) groups excluding carboxylic acids is 1. The highest BCUT2D eigenvalue weighted by Crippen LogP contribution is 2.24. The highest BCUT2D eigenvalue weighted by atomic mass is 35.5. The van der Waals surface area contributed by atoms with Gasteiger partial charge in [0.1, 0.15) is 0 Å². The van der Waals surface area contributed by atoms with Crippen molar-refractivity contribution in [2.45, 2.75) is 0 Å². The van der Waals surface area contributed by atoms with Gasteiger partial charge in [-0.15, -0.1) is 24.8 Å². The lowest BCUT2D eigenvalue weighted by molar-refractivity contribution is 0.0964. The predicted octanol–water partition coefficient (Wildman–Crippen LogP) is 2.41. The van der Waals surface area contributed by atoms with Crippen molar-refractivity contribution >= 4 is 47.2 Å². The number of para-hydroxylation sites is 1. The Bertz CT molecular complexity index is 574. The van der Waals surface area contributed by atoms with Crippen LogP contribution < -0.4 is 11.1 Å². The van der Waals surface area contributed by atoms with E-state index in [0.29, 0.717) is 12.1 Å². The van der Waals surface area contributed by atoms with Crippen LogP contribution in [0.2, 0.25) is 0 Å². The molecule has 2 aromatic rings. The van der Waals surface area contributed by atoms with Gasteiger partial charge in [0.15, 0.2) is 0 Å². The van der Waals surface area contributed by atoms with Crippen molar-refractivity contribution in [1.29, 1.82) is 0 Å². The smallest absolute Gasteiger partial charge is 0.251 e. The molecular formula is C14H17Cl2N3O. The van der Waals surface area contributed by atoms with Crippen LogP contribution in [0, 0.1) is 0 Å². The molecule has 2 rings (SSSR count). The average Bonchev–Trinajstić information content (AvgIpc) is 2.44. The minimum atomic E-state index is -0.127. The van der Waals surface area contributed by atoms with E-state index >= 15 is 0 Å². The van der Waals surface area contributed by atoms with E-state index in [1.807, 2.05) is 18.2 Å². The first-order valence-electron chi connectivity index (χ1n) is 5.67. The van der Waals surface area contributed by atoms with Crippen molar-refractivity contribution in [3.63, 3.8) is 0 Å². The number of benzene rings is 1. The molecule has 1 aromatic heterocycles. The molecule has 0 fully saturated rings. The number of pyridine rings is 1. The first-order chi connectivity index (χ1) is 8.69. The molecule has 0 bridgehead atoms. The summed E-state index contributed by atoms with van der Waals surface area (Å²) in [5.41, 5.74) is 8.67. The third kappa shape index (κ3) is 3.28. The summed E-state index contributed by atoms with van der Waals surface area (Å²) in [7, 11) is 1.61. The minimum absolute atomic E-state index is 0. The quantitative estimate of drug-likeness (QED) is 0.914. The highest BCUT2D eigenvalue weighted by molar-refractivity contribution is 6.07. The van der Waals surface area contributed by atoms with Gasteiger partial charge in [-0.3, -0.25) is 9.78 Å². The summed E-state index contributed by atoms with van der Waals surface area (Å²) >= 11 is 0. The van der Waals surface area contributed by atoms with Crippen LogP contribution in [0.4, 0.5) is 0 Å². The highest BCUT2D eigenvalue weighted by Gasteiger charge is 2.11. The number of halogens is 2. The van der Waals surface area contributed by atoms with Crippen molar-refractivity contribution in [2.24, 2.45) is 5.73 Å². The second-order valence-corrected chi connectivity index (χ2v) is 3.95. The fourth-order valence-electron chi connectivity index (χ4n) is 1.90. The van der Waals surface area contributed by atoms with Crippen LogP contribution in [0.15, 0.2) is 37.0 Å². The molecule has 6 heteroatoms. The lowest BCUT2D eigenvalue weighted by Gasteiger charge is -2.09. The molecule has 20 heavy (non-hydrogen) atoms. The van der Waals surface area contributed by atoms with Crippen LogP contribution in [-0.4, -0.2) is 24.5 Å². The summed E-state index contributed by atoms with van der Waals surface area (Å²) in [6.07, 6.45) is 1.63. The molecule has 0 saturated carbocycles. The van der Waals surface area contributed by atoms with Gasteiger partial charge in [0.05, 0.1) is 11.1 Å². The number of carbonyl (C=O) groups is 1. The van der Waals surface area contributed by atoms with Gasteiger partial charge in [0, 0.05) is 30.7 Å². The zero-order valence-corrected chi connectivity index (χ0v) is 12.7. The van der Waals surface area contributed by atoms with E-state index in [9.17, 15) is 4.79 Å². The van der Waals surface area contributed by atoms with E-state index in [1.165, 1.54) is 0 Å². The Morgan fingerprint density at radius 1 is 1.30 bits per heavy atom. The molecule has 0 aliphatic rings. The van der Waals surface area contributed by atoms with Crippen LogP contribution >= 0.6 is 24.8 Å². The standard InChI is InChI=1S/C14H15N3O.2ClH/c1-9(8-15)10-4-3-5-11-12(14(18)16-2)6-7-17-13(10)11;;/h3-7H,1,8,15H2,2H3,(H,16,18);2*1H. The van der Waals surface area contributed by atoms with Crippen molar-refractivity contribution in [2.75, 3.05) is 13.6 Å². The van der Waals surface area contributed by atoms with Crippen molar-refractivity contribution in [3.05, 3.63) is 48.2 Å². The summed E-state index contributed by atoms with van der Waals surface area (Å²) in [4.78, 5) is 16.1. The van der Waals surface area contributed by atoms with Gasteiger partial charge in [-0.25, -0.2) is 0 Å². The lowest BCUT2D eigenvalue weighted by atomic mass is 10.0. The third-order valence-corrected chi connectivity index (χ3v) is 2.87. The van der Waals surface area contributed by atoms with Gasteiger partial charge < -0.3 is 11.1 Å². The SMILES string of the molecule is C=C(CN)c1cccc2c(C(=O)NC)ccnc12.Cl.Cl. The maximum Gasteiger partial charge on any atom is 0.251 e. The Labute approximate surface area is 130 Å². The maximum atomic E-state index is 11.8. The zero-order valence-electron chi connectivity index (χ0n) is 11.1. The van der Waals surface area contributed by atoms with Crippen LogP contribution in [0.25, 0.3) is 16.5 Å². The van der Waals surface area contributed by atoms with E-state index in [-0.39, 0.29) is 30.7 Å². The third-order valence-electron chi connectivity index (χ3n) is 2.87. The Morgan fingerprint density at radius 2 is 2.00 bits per heavy atom. The molecule has 4 nitrogen and oxygen atoms in total. The number of fused-ring (bicyclic) bond motifs is 1. The number of hydrogen-bond acceptors (Lipinski definition) is 3. The predicted molar refractivity (Wildman–Crippen MR) is 87.7 cm³/mol. The Balaban J connectivity index is 0.00000180. The van der Waals surface area contributed by atoms with Crippen LogP contribution in [-0.2, 0) is 0 Å². The molecule has 0 saturated heterocycles. The number of nitrogens with two attached hydrogens (primary N) is 1. The molecule has 0 aliphatic carbocycles. The van der Waals surface area contributed by atoms with Crippen LogP contribution in [0.3, 0.4) is 0 Å². The summed E-state index contributed by atoms with van der Waals surface area (Å²) in [5.74, 6) is -0.127. The molecule has 0 atom stereocenters. The normalized spacial score (nSPS) is 9.30. The first kappa shape index (κ1) is 18.4. The summed E-state index contributed by atoms with van der Waals surface area (Å²) in [6, 6.07) is 7.38. The Morgan fingerprint density at radius 3 is 2.60 bits per heavy atom. The number of nitrogens with one attached hydrogen (secondary N) is 1. The number of aromatic nitrogens is 1. The van der Waals surface area contributed by atoms with Gasteiger partial charge in [-0.1, -0.05) is 24.8 Å². The van der Waals surface area contributed by atoms with Crippen molar-refractivity contribution in [3.8, 4) is 0 Å². The molecule has 0 unspecified atom stereocenters. The zero-order chi connectivity index (χ0) is 13.1. The largest absolute Gasteiger partial charge is 0.355 e. The van der Waals surface area contributed by atoms with E-state index in [0.717, 1.165) is 22.0 Å². The van der Waals surface area contributed by atoms with Gasteiger partial charge in [0.25, 0.3) is 5.91 Å². The van der Waals surface area contributed by atoms with E-state index in [1.54, 1.807) is 19.3 Å².